The highest BCUT2D eigenvalue weighted by molar-refractivity contribution is 8.93. The number of hydrazone groups is 1. The van der Waals surface area contributed by atoms with Gasteiger partial charge in [0, 0.05) is 23.3 Å². The summed E-state index contributed by atoms with van der Waals surface area (Å²) in [5.41, 5.74) is 9.53. The van der Waals surface area contributed by atoms with Gasteiger partial charge >= 0.3 is 0 Å². The molecule has 2 rings (SSSR count). The average Bonchev–Trinajstić information content (AvgIpc) is 2.69. The Morgan fingerprint density at radius 2 is 1.32 bits per heavy atom. The molecule has 0 aliphatic rings. The third-order valence-electron chi connectivity index (χ3n) is 3.45. The van der Waals surface area contributed by atoms with Crippen LogP contribution in [0.5, 0.6) is 11.5 Å². The van der Waals surface area contributed by atoms with E-state index in [1.54, 1.807) is 24.3 Å². The van der Waals surface area contributed by atoms with Crippen molar-refractivity contribution in [2.75, 3.05) is 13.2 Å². The molecular weight excluding hydrogens is 552 g/mol. The predicted octanol–water partition coefficient (Wildman–Crippen LogP) is 5.95. The minimum Gasteiger partial charge on any atom is -0.493 e. The highest BCUT2D eigenvalue weighted by Gasteiger charge is 2.08. The number of ether oxygens (including phenoxy) is 2. The van der Waals surface area contributed by atoms with Crippen LogP contribution in [0, 0.1) is 0 Å². The molecule has 0 radical (unpaired) electrons. The van der Waals surface area contributed by atoms with Gasteiger partial charge in [0.2, 0.25) is 5.96 Å². The Bertz CT molecular complexity index is 986. The molecule has 0 atom stereocenters. The van der Waals surface area contributed by atoms with Gasteiger partial charge in [-0.1, -0.05) is 46.4 Å². The van der Waals surface area contributed by atoms with Crippen LogP contribution in [-0.2, 0) is 0 Å². The van der Waals surface area contributed by atoms with E-state index in [4.69, 9.17) is 61.6 Å². The van der Waals surface area contributed by atoms with E-state index in [9.17, 15) is 0 Å². The minimum absolute atomic E-state index is 0. The van der Waals surface area contributed by atoms with Crippen LogP contribution in [0.15, 0.2) is 39.6 Å². The number of nitrogens with two attached hydrogens (primary N) is 1. The van der Waals surface area contributed by atoms with Gasteiger partial charge in [-0.25, -0.2) is 5.43 Å². The molecule has 168 valence electrons. The Balaban J connectivity index is 0.00000480. The van der Waals surface area contributed by atoms with E-state index in [1.807, 2.05) is 13.8 Å². The van der Waals surface area contributed by atoms with Crippen LogP contribution in [0.25, 0.3) is 0 Å². The molecule has 2 aromatic rings. The molecule has 0 unspecified atom stereocenters. The second kappa shape index (κ2) is 13.6. The Labute approximate surface area is 211 Å². The van der Waals surface area contributed by atoms with E-state index in [0.717, 1.165) is 0 Å². The molecular formula is C19H20BrCl4N5O2. The van der Waals surface area contributed by atoms with Crippen LogP contribution in [0.4, 0.5) is 0 Å². The summed E-state index contributed by atoms with van der Waals surface area (Å²) in [7, 11) is 0. The van der Waals surface area contributed by atoms with Crippen molar-refractivity contribution in [2.24, 2.45) is 21.0 Å². The fourth-order valence-electron chi connectivity index (χ4n) is 2.19. The zero-order valence-corrected chi connectivity index (χ0v) is 21.3. The maximum absolute atomic E-state index is 6.05. The van der Waals surface area contributed by atoms with Crippen molar-refractivity contribution in [3.63, 3.8) is 0 Å². The van der Waals surface area contributed by atoms with E-state index in [1.165, 1.54) is 12.4 Å². The van der Waals surface area contributed by atoms with Gasteiger partial charge in [0.1, 0.15) is 11.5 Å². The van der Waals surface area contributed by atoms with Crippen molar-refractivity contribution < 1.29 is 9.47 Å². The van der Waals surface area contributed by atoms with Crippen LogP contribution in [-0.4, -0.2) is 31.6 Å². The molecule has 0 aliphatic heterocycles. The summed E-state index contributed by atoms with van der Waals surface area (Å²) in [6.07, 6.45) is 2.92. The number of rotatable bonds is 8. The predicted molar refractivity (Wildman–Crippen MR) is 136 cm³/mol. The zero-order chi connectivity index (χ0) is 22.1. The van der Waals surface area contributed by atoms with Crippen LogP contribution < -0.4 is 20.6 Å². The Kier molecular flexibility index (Phi) is 12.0. The highest BCUT2D eigenvalue weighted by atomic mass is 79.9. The highest BCUT2D eigenvalue weighted by Crippen LogP contribution is 2.30. The van der Waals surface area contributed by atoms with E-state index in [2.05, 4.69) is 20.7 Å². The summed E-state index contributed by atoms with van der Waals surface area (Å²) in [6, 6.07) is 6.47. The molecule has 2 aromatic carbocycles. The number of nitrogens with one attached hydrogen (secondary N) is 1. The molecule has 0 saturated carbocycles. The third kappa shape index (κ3) is 8.38. The van der Waals surface area contributed by atoms with Gasteiger partial charge in [-0.3, -0.25) is 0 Å². The minimum atomic E-state index is -0.0430. The summed E-state index contributed by atoms with van der Waals surface area (Å²) in [5, 5.41) is 13.2. The number of guanidine groups is 1. The molecule has 0 aromatic heterocycles. The van der Waals surface area contributed by atoms with Gasteiger partial charge in [-0.15, -0.1) is 22.1 Å². The molecule has 0 spiro atoms. The Hall–Kier alpha value is -1.71. The third-order valence-corrected chi connectivity index (χ3v) is 4.89. The summed E-state index contributed by atoms with van der Waals surface area (Å²) in [5.74, 6) is 1.02. The fraction of sp³-hybridized carbons (Fsp3) is 0.211. The molecule has 12 heteroatoms. The van der Waals surface area contributed by atoms with Gasteiger partial charge in [0.05, 0.1) is 45.7 Å². The van der Waals surface area contributed by atoms with Gasteiger partial charge in [0.15, 0.2) is 0 Å². The van der Waals surface area contributed by atoms with Crippen LogP contribution in [0.3, 0.4) is 0 Å². The van der Waals surface area contributed by atoms with E-state index in [-0.39, 0.29) is 22.9 Å². The Morgan fingerprint density at radius 3 is 1.81 bits per heavy atom. The lowest BCUT2D eigenvalue weighted by Gasteiger charge is -2.08. The van der Waals surface area contributed by atoms with Gasteiger partial charge < -0.3 is 15.2 Å². The lowest BCUT2D eigenvalue weighted by Crippen LogP contribution is -2.26. The average molecular weight is 572 g/mol. The smallest absolute Gasteiger partial charge is 0.234 e. The second-order valence-electron chi connectivity index (χ2n) is 5.57. The topological polar surface area (TPSA) is 93.6 Å². The quantitative estimate of drug-likeness (QED) is 0.233. The number of benzene rings is 2. The number of nitrogens with zero attached hydrogens (tertiary/aromatic N) is 3. The molecule has 0 saturated heterocycles. The van der Waals surface area contributed by atoms with Crippen molar-refractivity contribution in [3.05, 3.63) is 55.5 Å². The lowest BCUT2D eigenvalue weighted by atomic mass is 10.2. The summed E-state index contributed by atoms with van der Waals surface area (Å²) in [4.78, 5) is 0. The summed E-state index contributed by atoms with van der Waals surface area (Å²) >= 11 is 24.1. The monoisotopic (exact) mass is 569 g/mol. The molecule has 7 nitrogen and oxygen atoms in total. The largest absolute Gasteiger partial charge is 0.493 e. The van der Waals surface area contributed by atoms with Crippen molar-refractivity contribution in [2.45, 2.75) is 13.8 Å². The first-order chi connectivity index (χ1) is 14.3. The van der Waals surface area contributed by atoms with Crippen LogP contribution >= 0.6 is 63.4 Å². The van der Waals surface area contributed by atoms with E-state index in [0.29, 0.717) is 55.9 Å². The number of halogens is 5. The Morgan fingerprint density at radius 1 is 0.871 bits per heavy atom. The molecule has 0 fully saturated rings. The van der Waals surface area contributed by atoms with Crippen molar-refractivity contribution >= 4 is 81.8 Å². The number of hydrogen-bond donors (Lipinski definition) is 2. The molecule has 3 N–H and O–H groups in total. The first-order valence-corrected chi connectivity index (χ1v) is 10.3. The molecule has 0 amide bonds. The molecule has 0 heterocycles. The fourth-order valence-corrected chi connectivity index (χ4v) is 2.85. The molecule has 31 heavy (non-hydrogen) atoms. The van der Waals surface area contributed by atoms with Crippen LogP contribution in [0.2, 0.25) is 20.1 Å². The maximum Gasteiger partial charge on any atom is 0.234 e. The van der Waals surface area contributed by atoms with Crippen molar-refractivity contribution in [3.8, 4) is 11.5 Å². The second-order valence-corrected chi connectivity index (χ2v) is 7.20. The van der Waals surface area contributed by atoms with Gasteiger partial charge in [-0.05, 0) is 26.0 Å². The van der Waals surface area contributed by atoms with E-state index < -0.39 is 0 Å². The first-order valence-electron chi connectivity index (χ1n) is 8.74. The van der Waals surface area contributed by atoms with Gasteiger partial charge in [-0.2, -0.15) is 10.2 Å². The normalized spacial score (nSPS) is 11.6. The van der Waals surface area contributed by atoms with Crippen molar-refractivity contribution in [1.82, 2.24) is 5.43 Å². The maximum atomic E-state index is 6.05. The first kappa shape index (κ1) is 27.3. The summed E-state index contributed by atoms with van der Waals surface area (Å²) < 4.78 is 11.0. The van der Waals surface area contributed by atoms with E-state index >= 15 is 0 Å². The molecule has 0 bridgehead atoms. The zero-order valence-electron chi connectivity index (χ0n) is 16.5. The number of hydrogen-bond acceptors (Lipinski definition) is 5. The van der Waals surface area contributed by atoms with Gasteiger partial charge in [0.25, 0.3) is 0 Å². The SMILES string of the molecule is Br.CCOc1cc(Cl)c(Cl)cc1C=NN=C(N)NN=Cc1cc(Cl)c(Cl)cc1OCC. The lowest BCUT2D eigenvalue weighted by molar-refractivity contribution is 0.339. The van der Waals surface area contributed by atoms with Crippen molar-refractivity contribution in [1.29, 1.82) is 0 Å². The molecule has 0 aliphatic carbocycles. The standard InChI is InChI=1S/C19H19Cl4N5O2.BrH/c1-3-29-17-7-15(22)13(20)5-11(17)9-25-27-19(24)28-26-10-12-6-14(21)16(23)8-18(12)30-4-2;/h5-10H,3-4H2,1-2H3,(H3,24,27,28);1H. The summed E-state index contributed by atoms with van der Waals surface area (Å²) in [6.45, 7) is 4.63. The van der Waals surface area contributed by atoms with Crippen LogP contribution in [0.1, 0.15) is 25.0 Å².